The minimum atomic E-state index is -0.200. The van der Waals surface area contributed by atoms with Gasteiger partial charge in [-0.05, 0) is 62.7 Å². The fourth-order valence-electron chi connectivity index (χ4n) is 3.06. The average Bonchev–Trinajstić information content (AvgIpc) is 2.93. The van der Waals surface area contributed by atoms with Crippen molar-refractivity contribution >= 4 is 23.2 Å². The van der Waals surface area contributed by atoms with Gasteiger partial charge in [-0.3, -0.25) is 19.4 Å². The van der Waals surface area contributed by atoms with Gasteiger partial charge in [-0.25, -0.2) is 0 Å². The quantitative estimate of drug-likeness (QED) is 0.815. The first kappa shape index (κ1) is 20.9. The smallest absolute Gasteiger partial charge is 0.236 e. The van der Waals surface area contributed by atoms with Crippen LogP contribution >= 0.6 is 11.3 Å². The second-order valence-electron chi connectivity index (χ2n) is 8.09. The molecule has 1 fully saturated rings. The molecule has 1 aromatic heterocycles. The van der Waals surface area contributed by atoms with E-state index in [9.17, 15) is 9.59 Å². The van der Waals surface area contributed by atoms with Crippen LogP contribution in [0.2, 0.25) is 0 Å². The molecule has 1 aliphatic heterocycles. The van der Waals surface area contributed by atoms with E-state index in [1.165, 1.54) is 5.56 Å². The van der Waals surface area contributed by atoms with Gasteiger partial charge in [0.1, 0.15) is 0 Å². The molecule has 0 atom stereocenters. The van der Waals surface area contributed by atoms with Crippen LogP contribution in [0.15, 0.2) is 16.8 Å². The predicted octanol–water partition coefficient (Wildman–Crippen LogP) is 1.63. The molecule has 1 N–H and O–H groups in total. The van der Waals surface area contributed by atoms with Crippen LogP contribution in [-0.4, -0.2) is 78.4 Å². The Bertz CT molecular complexity index is 583. The van der Waals surface area contributed by atoms with Crippen LogP contribution in [0, 0.1) is 0 Å². The molecule has 2 amide bonds. The van der Waals surface area contributed by atoms with Gasteiger partial charge in [0, 0.05) is 32.2 Å². The molecule has 0 spiro atoms. The topological polar surface area (TPSA) is 55.9 Å². The standard InChI is InChI=1S/C19H32N4O2S/c1-19(2,3)20-17(24)13-22-7-5-8-23(10-9-22)14-18(25)21(4)12-16-6-11-26-15-16/h6,11,15H,5,7-10,12-14H2,1-4H3,(H,20,24). The molecule has 1 saturated heterocycles. The molecular formula is C19H32N4O2S. The lowest BCUT2D eigenvalue weighted by Crippen LogP contribution is -2.46. The molecule has 0 unspecified atom stereocenters. The van der Waals surface area contributed by atoms with Crippen molar-refractivity contribution in [1.82, 2.24) is 20.0 Å². The number of hydrogen-bond donors (Lipinski definition) is 1. The summed E-state index contributed by atoms with van der Waals surface area (Å²) >= 11 is 1.65. The van der Waals surface area contributed by atoms with Crippen LogP contribution in [-0.2, 0) is 16.1 Å². The second kappa shape index (κ2) is 9.48. The van der Waals surface area contributed by atoms with E-state index < -0.39 is 0 Å². The highest BCUT2D eigenvalue weighted by Crippen LogP contribution is 2.09. The summed E-state index contributed by atoms with van der Waals surface area (Å²) in [5, 5.41) is 7.13. The summed E-state index contributed by atoms with van der Waals surface area (Å²) < 4.78 is 0. The van der Waals surface area contributed by atoms with Crippen LogP contribution in [0.4, 0.5) is 0 Å². The zero-order valence-corrected chi connectivity index (χ0v) is 17.3. The van der Waals surface area contributed by atoms with Crippen LogP contribution in [0.3, 0.4) is 0 Å². The van der Waals surface area contributed by atoms with Gasteiger partial charge in [-0.15, -0.1) is 0 Å². The Balaban J connectivity index is 1.75. The van der Waals surface area contributed by atoms with Crippen molar-refractivity contribution in [3.63, 3.8) is 0 Å². The van der Waals surface area contributed by atoms with E-state index in [-0.39, 0.29) is 17.4 Å². The third-order valence-corrected chi connectivity index (χ3v) is 5.08. The molecule has 7 heteroatoms. The van der Waals surface area contributed by atoms with Crippen molar-refractivity contribution in [2.45, 2.75) is 39.3 Å². The van der Waals surface area contributed by atoms with E-state index in [1.54, 1.807) is 16.2 Å². The molecule has 6 nitrogen and oxygen atoms in total. The van der Waals surface area contributed by atoms with E-state index in [4.69, 9.17) is 0 Å². The van der Waals surface area contributed by atoms with Gasteiger partial charge in [0.05, 0.1) is 13.1 Å². The number of nitrogens with zero attached hydrogens (tertiary/aromatic N) is 3. The van der Waals surface area contributed by atoms with E-state index in [0.29, 0.717) is 19.6 Å². The van der Waals surface area contributed by atoms with Crippen molar-refractivity contribution in [1.29, 1.82) is 0 Å². The molecule has 146 valence electrons. The maximum Gasteiger partial charge on any atom is 0.236 e. The maximum absolute atomic E-state index is 12.5. The number of amides is 2. The number of hydrogen-bond acceptors (Lipinski definition) is 5. The summed E-state index contributed by atoms with van der Waals surface area (Å²) in [4.78, 5) is 30.8. The minimum Gasteiger partial charge on any atom is -0.350 e. The van der Waals surface area contributed by atoms with E-state index in [2.05, 4.69) is 26.6 Å². The molecule has 1 aliphatic rings. The largest absolute Gasteiger partial charge is 0.350 e. The Morgan fingerprint density at radius 2 is 1.81 bits per heavy atom. The molecule has 0 bridgehead atoms. The highest BCUT2D eigenvalue weighted by molar-refractivity contribution is 7.07. The molecule has 1 aromatic rings. The lowest BCUT2D eigenvalue weighted by atomic mass is 10.1. The lowest BCUT2D eigenvalue weighted by Gasteiger charge is -2.25. The van der Waals surface area contributed by atoms with Crippen molar-refractivity contribution in [3.8, 4) is 0 Å². The minimum absolute atomic E-state index is 0.0672. The Hall–Kier alpha value is -1.44. The fraction of sp³-hybridized carbons (Fsp3) is 0.684. The first-order chi connectivity index (χ1) is 12.2. The summed E-state index contributed by atoms with van der Waals surface area (Å²) in [7, 11) is 1.86. The number of rotatable bonds is 6. The monoisotopic (exact) mass is 380 g/mol. The van der Waals surface area contributed by atoms with E-state index in [1.807, 2.05) is 33.2 Å². The van der Waals surface area contributed by atoms with Crippen LogP contribution < -0.4 is 5.32 Å². The third-order valence-electron chi connectivity index (χ3n) is 4.35. The summed E-state index contributed by atoms with van der Waals surface area (Å²) in [5.41, 5.74) is 0.978. The Morgan fingerprint density at radius 3 is 2.38 bits per heavy atom. The van der Waals surface area contributed by atoms with Gasteiger partial charge < -0.3 is 10.2 Å². The highest BCUT2D eigenvalue weighted by atomic mass is 32.1. The maximum atomic E-state index is 12.5. The molecule has 0 aliphatic carbocycles. The summed E-state index contributed by atoms with van der Waals surface area (Å²) in [5.74, 6) is 0.215. The molecular weight excluding hydrogens is 348 g/mol. The highest BCUT2D eigenvalue weighted by Gasteiger charge is 2.21. The van der Waals surface area contributed by atoms with Gasteiger partial charge in [0.25, 0.3) is 0 Å². The molecule has 0 aromatic carbocycles. The van der Waals surface area contributed by atoms with Crippen LogP contribution in [0.25, 0.3) is 0 Å². The molecule has 2 rings (SSSR count). The lowest BCUT2D eigenvalue weighted by molar-refractivity contribution is -0.131. The Morgan fingerprint density at radius 1 is 1.15 bits per heavy atom. The van der Waals surface area contributed by atoms with E-state index >= 15 is 0 Å². The van der Waals surface area contributed by atoms with Crippen molar-refractivity contribution in [2.24, 2.45) is 0 Å². The van der Waals surface area contributed by atoms with Gasteiger partial charge >= 0.3 is 0 Å². The summed E-state index contributed by atoms with van der Waals surface area (Å²) in [6.07, 6.45) is 0.977. The molecule has 26 heavy (non-hydrogen) atoms. The van der Waals surface area contributed by atoms with Crippen molar-refractivity contribution in [2.75, 3.05) is 46.3 Å². The molecule has 0 radical (unpaired) electrons. The molecule has 0 saturated carbocycles. The first-order valence-corrected chi connectivity index (χ1v) is 10.2. The first-order valence-electron chi connectivity index (χ1n) is 9.24. The van der Waals surface area contributed by atoms with Gasteiger partial charge in [0.15, 0.2) is 0 Å². The fourth-order valence-corrected chi connectivity index (χ4v) is 3.72. The summed E-state index contributed by atoms with van der Waals surface area (Å²) in [6, 6.07) is 2.06. The molecule has 2 heterocycles. The SMILES string of the molecule is CN(Cc1ccsc1)C(=O)CN1CCCN(CC(=O)NC(C)(C)C)CC1. The number of nitrogens with one attached hydrogen (secondary N) is 1. The number of thiophene rings is 1. The predicted molar refractivity (Wildman–Crippen MR) is 106 cm³/mol. The Labute approximate surface area is 161 Å². The third kappa shape index (κ3) is 7.43. The summed E-state index contributed by atoms with van der Waals surface area (Å²) in [6.45, 7) is 10.9. The van der Waals surface area contributed by atoms with Gasteiger partial charge in [-0.1, -0.05) is 0 Å². The number of carbonyl (C=O) groups is 2. The second-order valence-corrected chi connectivity index (χ2v) is 8.87. The number of carbonyl (C=O) groups excluding carboxylic acids is 2. The van der Waals surface area contributed by atoms with Crippen molar-refractivity contribution < 1.29 is 9.59 Å². The van der Waals surface area contributed by atoms with E-state index in [0.717, 1.165) is 32.6 Å². The number of likely N-dealkylation sites (N-methyl/N-ethyl adjacent to an activating group) is 1. The average molecular weight is 381 g/mol. The Kier molecular flexibility index (Phi) is 7.61. The normalized spacial score (nSPS) is 16.9. The van der Waals surface area contributed by atoms with Gasteiger partial charge in [-0.2, -0.15) is 11.3 Å². The zero-order valence-electron chi connectivity index (χ0n) is 16.5. The van der Waals surface area contributed by atoms with Crippen LogP contribution in [0.1, 0.15) is 32.8 Å². The van der Waals surface area contributed by atoms with Gasteiger partial charge in [0.2, 0.25) is 11.8 Å². The zero-order chi connectivity index (χ0) is 19.2. The van der Waals surface area contributed by atoms with Crippen LogP contribution in [0.5, 0.6) is 0 Å². The van der Waals surface area contributed by atoms with Crippen molar-refractivity contribution in [3.05, 3.63) is 22.4 Å².